The molecule has 0 spiro atoms. The fraction of sp³-hybridized carbons (Fsp3) is 0.214. The molecule has 0 fully saturated rings. The average molecular weight is 248 g/mol. The average Bonchev–Trinajstić information content (AvgIpc) is 2.29. The Kier molecular flexibility index (Phi) is 3.34. The van der Waals surface area contributed by atoms with Crippen molar-refractivity contribution >= 4 is 11.6 Å². The van der Waals surface area contributed by atoms with E-state index in [2.05, 4.69) is 18.8 Å². The van der Waals surface area contributed by atoms with Crippen molar-refractivity contribution in [3.63, 3.8) is 0 Å². The summed E-state index contributed by atoms with van der Waals surface area (Å²) >= 11 is 5.85. The van der Waals surface area contributed by atoms with Gasteiger partial charge in [-0.1, -0.05) is 17.7 Å². The zero-order valence-electron chi connectivity index (χ0n) is 10.1. The van der Waals surface area contributed by atoms with Gasteiger partial charge in [0.05, 0.1) is 0 Å². The Balaban J connectivity index is 2.31. The maximum absolute atomic E-state index is 5.85. The number of ether oxygens (including phenoxy) is 1. The van der Waals surface area contributed by atoms with Crippen molar-refractivity contribution in [2.45, 2.75) is 20.8 Å². The van der Waals surface area contributed by atoms with E-state index in [1.165, 1.54) is 11.1 Å². The minimum atomic E-state index is 0.439. The highest BCUT2D eigenvalue weighted by Crippen LogP contribution is 2.27. The molecule has 0 unspecified atom stereocenters. The summed E-state index contributed by atoms with van der Waals surface area (Å²) in [7, 11) is 0. The molecule has 0 aliphatic carbocycles. The number of nitrogens with zero attached hydrogens (tertiary/aromatic N) is 1. The van der Waals surface area contributed by atoms with E-state index in [9.17, 15) is 0 Å². The quantitative estimate of drug-likeness (QED) is 0.732. The summed E-state index contributed by atoms with van der Waals surface area (Å²) in [6.45, 7) is 6.09. The second-order valence-corrected chi connectivity index (χ2v) is 4.51. The van der Waals surface area contributed by atoms with Gasteiger partial charge in [0.1, 0.15) is 16.7 Å². The molecule has 2 aromatic rings. The maximum Gasteiger partial charge on any atom is 0.134 e. The summed E-state index contributed by atoms with van der Waals surface area (Å²) in [5.41, 5.74) is 3.43. The van der Waals surface area contributed by atoms with Gasteiger partial charge in [0, 0.05) is 17.8 Å². The number of rotatable bonds is 2. The summed E-state index contributed by atoms with van der Waals surface area (Å²) in [6.07, 6.45) is 1.71. The van der Waals surface area contributed by atoms with E-state index in [1.807, 2.05) is 25.1 Å². The van der Waals surface area contributed by atoms with Gasteiger partial charge in [0.15, 0.2) is 0 Å². The molecule has 0 radical (unpaired) electrons. The van der Waals surface area contributed by atoms with Crippen molar-refractivity contribution < 1.29 is 4.74 Å². The zero-order valence-corrected chi connectivity index (χ0v) is 10.9. The van der Waals surface area contributed by atoms with Gasteiger partial charge in [-0.15, -0.1) is 0 Å². The van der Waals surface area contributed by atoms with E-state index in [0.29, 0.717) is 5.15 Å². The number of hydrogen-bond donors (Lipinski definition) is 0. The Morgan fingerprint density at radius 1 is 1.00 bits per heavy atom. The second-order valence-electron chi connectivity index (χ2n) is 4.12. The Labute approximate surface area is 106 Å². The van der Waals surface area contributed by atoms with Crippen molar-refractivity contribution in [3.05, 3.63) is 52.3 Å². The third-order valence-electron chi connectivity index (χ3n) is 2.73. The van der Waals surface area contributed by atoms with Crippen LogP contribution in [0, 0.1) is 20.8 Å². The first-order chi connectivity index (χ1) is 8.06. The minimum absolute atomic E-state index is 0.439. The number of halogens is 1. The lowest BCUT2D eigenvalue weighted by atomic mass is 10.1. The lowest BCUT2D eigenvalue weighted by Crippen LogP contribution is -1.90. The van der Waals surface area contributed by atoms with E-state index in [4.69, 9.17) is 16.3 Å². The van der Waals surface area contributed by atoms with Gasteiger partial charge in [0.2, 0.25) is 0 Å². The van der Waals surface area contributed by atoms with Crippen LogP contribution in [0.25, 0.3) is 0 Å². The number of pyridine rings is 1. The molecule has 1 aromatic heterocycles. The summed E-state index contributed by atoms with van der Waals surface area (Å²) in [4.78, 5) is 4.00. The van der Waals surface area contributed by atoms with Crippen LogP contribution in [0.5, 0.6) is 11.5 Å². The van der Waals surface area contributed by atoms with Gasteiger partial charge in [0.25, 0.3) is 0 Å². The molecule has 0 aliphatic heterocycles. The molecule has 17 heavy (non-hydrogen) atoms. The monoisotopic (exact) mass is 247 g/mol. The van der Waals surface area contributed by atoms with E-state index < -0.39 is 0 Å². The highest BCUT2D eigenvalue weighted by molar-refractivity contribution is 6.29. The molecule has 0 N–H and O–H groups in total. The molecular weight excluding hydrogens is 234 g/mol. The van der Waals surface area contributed by atoms with Crippen LogP contribution in [-0.2, 0) is 0 Å². The van der Waals surface area contributed by atoms with Gasteiger partial charge in [-0.3, -0.25) is 0 Å². The topological polar surface area (TPSA) is 22.1 Å². The summed E-state index contributed by atoms with van der Waals surface area (Å²) in [5.74, 6) is 1.56. The molecule has 2 nitrogen and oxygen atoms in total. The molecule has 1 heterocycles. The lowest BCUT2D eigenvalue weighted by Gasteiger charge is -2.10. The van der Waals surface area contributed by atoms with Gasteiger partial charge in [-0.25, -0.2) is 4.98 Å². The van der Waals surface area contributed by atoms with Crippen LogP contribution in [0.1, 0.15) is 16.7 Å². The van der Waals surface area contributed by atoms with Crippen LogP contribution in [0.3, 0.4) is 0 Å². The molecule has 0 saturated carbocycles. The van der Waals surface area contributed by atoms with Gasteiger partial charge in [-0.05, 0) is 44.0 Å². The van der Waals surface area contributed by atoms with Gasteiger partial charge < -0.3 is 4.74 Å². The molecule has 1 aromatic carbocycles. The number of benzene rings is 1. The SMILES string of the molecule is Cc1ccc(Oc2cc(Cl)ncc2C)cc1C. The van der Waals surface area contributed by atoms with Crippen LogP contribution in [0.4, 0.5) is 0 Å². The molecule has 0 aliphatic rings. The van der Waals surface area contributed by atoms with Crippen molar-refractivity contribution in [1.29, 1.82) is 0 Å². The first-order valence-corrected chi connectivity index (χ1v) is 5.81. The first kappa shape index (κ1) is 11.9. The highest BCUT2D eigenvalue weighted by atomic mass is 35.5. The minimum Gasteiger partial charge on any atom is -0.457 e. The molecule has 0 atom stereocenters. The van der Waals surface area contributed by atoms with Crippen LogP contribution in [0.2, 0.25) is 5.15 Å². The van der Waals surface area contributed by atoms with E-state index in [0.717, 1.165) is 17.1 Å². The number of hydrogen-bond acceptors (Lipinski definition) is 2. The third kappa shape index (κ3) is 2.77. The van der Waals surface area contributed by atoms with Crippen LogP contribution in [-0.4, -0.2) is 4.98 Å². The normalized spacial score (nSPS) is 10.4. The highest BCUT2D eigenvalue weighted by Gasteiger charge is 2.04. The molecule has 2 rings (SSSR count). The molecular formula is C14H14ClNO. The van der Waals surface area contributed by atoms with Crippen LogP contribution >= 0.6 is 11.6 Å². The molecule has 0 amide bonds. The fourth-order valence-electron chi connectivity index (χ4n) is 1.50. The Morgan fingerprint density at radius 3 is 2.47 bits per heavy atom. The summed E-state index contributed by atoms with van der Waals surface area (Å²) in [6, 6.07) is 7.74. The predicted molar refractivity (Wildman–Crippen MR) is 70.0 cm³/mol. The van der Waals surface area contributed by atoms with E-state index in [1.54, 1.807) is 12.3 Å². The first-order valence-electron chi connectivity index (χ1n) is 5.43. The predicted octanol–water partition coefficient (Wildman–Crippen LogP) is 4.45. The Bertz CT molecular complexity index is 552. The Morgan fingerprint density at radius 2 is 1.76 bits per heavy atom. The molecule has 88 valence electrons. The van der Waals surface area contributed by atoms with E-state index >= 15 is 0 Å². The summed E-state index contributed by atoms with van der Waals surface area (Å²) < 4.78 is 5.80. The molecule has 0 bridgehead atoms. The van der Waals surface area contributed by atoms with E-state index in [-0.39, 0.29) is 0 Å². The lowest BCUT2D eigenvalue weighted by molar-refractivity contribution is 0.477. The van der Waals surface area contributed by atoms with Gasteiger partial charge >= 0.3 is 0 Å². The summed E-state index contributed by atoms with van der Waals surface area (Å²) in [5, 5.41) is 0.439. The standard InChI is InChI=1S/C14H14ClNO/c1-9-4-5-12(6-10(9)2)17-13-7-14(15)16-8-11(13)3/h4-8H,1-3H3. The smallest absolute Gasteiger partial charge is 0.134 e. The maximum atomic E-state index is 5.85. The van der Waals surface area contributed by atoms with Gasteiger partial charge in [-0.2, -0.15) is 0 Å². The van der Waals surface area contributed by atoms with Crippen molar-refractivity contribution in [2.24, 2.45) is 0 Å². The largest absolute Gasteiger partial charge is 0.457 e. The Hall–Kier alpha value is -1.54. The van der Waals surface area contributed by atoms with Crippen LogP contribution < -0.4 is 4.74 Å². The van der Waals surface area contributed by atoms with Crippen molar-refractivity contribution in [1.82, 2.24) is 4.98 Å². The van der Waals surface area contributed by atoms with Crippen molar-refractivity contribution in [3.8, 4) is 11.5 Å². The fourth-order valence-corrected chi connectivity index (χ4v) is 1.64. The van der Waals surface area contributed by atoms with Crippen LogP contribution in [0.15, 0.2) is 30.5 Å². The van der Waals surface area contributed by atoms with Crippen molar-refractivity contribution in [2.75, 3.05) is 0 Å². The molecule has 3 heteroatoms. The number of aryl methyl sites for hydroxylation is 3. The second kappa shape index (κ2) is 4.76. The third-order valence-corrected chi connectivity index (χ3v) is 2.93. The number of aromatic nitrogens is 1. The molecule has 0 saturated heterocycles. The zero-order chi connectivity index (χ0) is 12.4.